The SMILES string of the molecule is CCOC(=O)Cc1csc(NN=Cc2ccc3c(c2)CC(C)(C)O3)n1. The summed E-state index contributed by atoms with van der Waals surface area (Å²) in [5.41, 5.74) is 5.62. The predicted molar refractivity (Wildman–Crippen MR) is 98.5 cm³/mol. The second-order valence-corrected chi connectivity index (χ2v) is 7.26. The van der Waals surface area contributed by atoms with Crippen molar-refractivity contribution in [3.05, 3.63) is 40.4 Å². The second kappa shape index (κ2) is 7.23. The van der Waals surface area contributed by atoms with Crippen molar-refractivity contribution in [3.8, 4) is 5.75 Å². The van der Waals surface area contributed by atoms with Crippen molar-refractivity contribution in [3.63, 3.8) is 0 Å². The van der Waals surface area contributed by atoms with Crippen LogP contribution in [0.4, 0.5) is 5.13 Å². The van der Waals surface area contributed by atoms with Gasteiger partial charge in [0.15, 0.2) is 0 Å². The number of ether oxygens (including phenoxy) is 2. The zero-order chi connectivity index (χ0) is 17.9. The first-order valence-electron chi connectivity index (χ1n) is 8.16. The van der Waals surface area contributed by atoms with Crippen LogP contribution in [0.15, 0.2) is 28.7 Å². The summed E-state index contributed by atoms with van der Waals surface area (Å²) in [5.74, 6) is 0.671. The lowest BCUT2D eigenvalue weighted by molar-refractivity contribution is -0.142. The van der Waals surface area contributed by atoms with Gasteiger partial charge in [-0.1, -0.05) is 0 Å². The molecule has 25 heavy (non-hydrogen) atoms. The van der Waals surface area contributed by atoms with Crippen LogP contribution in [-0.2, 0) is 22.4 Å². The molecule has 0 aliphatic carbocycles. The molecule has 1 aliphatic heterocycles. The number of benzene rings is 1. The third-order valence-electron chi connectivity index (χ3n) is 3.64. The molecule has 132 valence electrons. The summed E-state index contributed by atoms with van der Waals surface area (Å²) in [7, 11) is 0. The minimum Gasteiger partial charge on any atom is -0.487 e. The van der Waals surface area contributed by atoms with E-state index < -0.39 is 0 Å². The van der Waals surface area contributed by atoms with Gasteiger partial charge in [-0.2, -0.15) is 5.10 Å². The van der Waals surface area contributed by atoms with Crippen LogP contribution >= 0.6 is 11.3 Å². The molecule has 1 N–H and O–H groups in total. The maximum absolute atomic E-state index is 11.4. The molecule has 0 atom stereocenters. The fraction of sp³-hybridized carbons (Fsp3) is 0.389. The normalized spacial score (nSPS) is 15.0. The van der Waals surface area contributed by atoms with Gasteiger partial charge >= 0.3 is 5.97 Å². The zero-order valence-corrected chi connectivity index (χ0v) is 15.4. The first kappa shape index (κ1) is 17.4. The number of hydrogen-bond acceptors (Lipinski definition) is 7. The molecule has 2 heterocycles. The fourth-order valence-corrected chi connectivity index (χ4v) is 3.33. The summed E-state index contributed by atoms with van der Waals surface area (Å²) in [6.45, 7) is 6.32. The number of anilines is 1. The van der Waals surface area contributed by atoms with Gasteiger partial charge in [-0.3, -0.25) is 10.2 Å². The molecule has 0 amide bonds. The molecule has 1 aromatic carbocycles. The van der Waals surface area contributed by atoms with E-state index in [-0.39, 0.29) is 18.0 Å². The predicted octanol–water partition coefficient (Wildman–Crippen LogP) is 3.41. The molecule has 0 unspecified atom stereocenters. The van der Waals surface area contributed by atoms with E-state index in [4.69, 9.17) is 9.47 Å². The van der Waals surface area contributed by atoms with Crippen molar-refractivity contribution in [1.82, 2.24) is 4.98 Å². The van der Waals surface area contributed by atoms with E-state index in [2.05, 4.69) is 35.4 Å². The molecule has 2 aromatic rings. The Morgan fingerprint density at radius 2 is 2.36 bits per heavy atom. The highest BCUT2D eigenvalue weighted by Crippen LogP contribution is 2.34. The van der Waals surface area contributed by atoms with Gasteiger partial charge in [0.1, 0.15) is 11.4 Å². The van der Waals surface area contributed by atoms with Crippen molar-refractivity contribution < 1.29 is 14.3 Å². The van der Waals surface area contributed by atoms with E-state index in [9.17, 15) is 4.79 Å². The van der Waals surface area contributed by atoms with Crippen molar-refractivity contribution in [2.75, 3.05) is 12.0 Å². The Hall–Kier alpha value is -2.41. The summed E-state index contributed by atoms with van der Waals surface area (Å²) in [4.78, 5) is 15.8. The molecular formula is C18H21N3O3S. The number of nitrogens with one attached hydrogen (secondary N) is 1. The molecule has 0 bridgehead atoms. The lowest BCUT2D eigenvalue weighted by atomic mass is 10.0. The van der Waals surface area contributed by atoms with Gasteiger partial charge < -0.3 is 9.47 Å². The van der Waals surface area contributed by atoms with Crippen LogP contribution in [0, 0.1) is 0 Å². The number of fused-ring (bicyclic) bond motifs is 1. The lowest BCUT2D eigenvalue weighted by Gasteiger charge is -2.16. The van der Waals surface area contributed by atoms with Crippen molar-refractivity contribution in [2.45, 2.75) is 39.2 Å². The van der Waals surface area contributed by atoms with E-state index in [1.54, 1.807) is 13.1 Å². The Morgan fingerprint density at radius 1 is 1.52 bits per heavy atom. The lowest BCUT2D eigenvalue weighted by Crippen LogP contribution is -2.24. The van der Waals surface area contributed by atoms with Gasteiger partial charge in [0.2, 0.25) is 5.13 Å². The summed E-state index contributed by atoms with van der Waals surface area (Å²) in [5, 5.41) is 6.68. The van der Waals surface area contributed by atoms with E-state index in [0.29, 0.717) is 17.4 Å². The number of esters is 1. The number of thiazole rings is 1. The van der Waals surface area contributed by atoms with Crippen LogP contribution < -0.4 is 10.2 Å². The monoisotopic (exact) mass is 359 g/mol. The van der Waals surface area contributed by atoms with Gasteiger partial charge in [-0.15, -0.1) is 11.3 Å². The molecule has 1 aliphatic rings. The smallest absolute Gasteiger partial charge is 0.311 e. The van der Waals surface area contributed by atoms with Crippen LogP contribution in [0.3, 0.4) is 0 Å². The van der Waals surface area contributed by atoms with Crippen LogP contribution in [0.25, 0.3) is 0 Å². The average molecular weight is 359 g/mol. The molecule has 6 nitrogen and oxygen atoms in total. The Kier molecular flexibility index (Phi) is 5.03. The fourth-order valence-electron chi connectivity index (χ4n) is 2.67. The first-order chi connectivity index (χ1) is 11.9. The summed E-state index contributed by atoms with van der Waals surface area (Å²) in [6.07, 6.45) is 2.81. The standard InChI is InChI=1S/C18H21N3O3S/c1-4-23-16(22)8-14-11-25-17(20-14)21-19-10-12-5-6-15-13(7-12)9-18(2,3)24-15/h5-7,10-11H,4,8-9H2,1-3H3,(H,20,21). The molecule has 0 radical (unpaired) electrons. The second-order valence-electron chi connectivity index (χ2n) is 6.40. The van der Waals surface area contributed by atoms with E-state index >= 15 is 0 Å². The molecule has 0 spiro atoms. The van der Waals surface area contributed by atoms with Gasteiger partial charge in [-0.25, -0.2) is 4.98 Å². The summed E-state index contributed by atoms with van der Waals surface area (Å²) >= 11 is 1.40. The van der Waals surface area contributed by atoms with Crippen molar-refractivity contribution >= 4 is 28.7 Å². The topological polar surface area (TPSA) is 72.8 Å². The van der Waals surface area contributed by atoms with Crippen LogP contribution in [0.1, 0.15) is 37.6 Å². The quantitative estimate of drug-likeness (QED) is 0.486. The number of hydrazone groups is 1. The van der Waals surface area contributed by atoms with Gasteiger partial charge in [-0.05, 0) is 50.1 Å². The highest BCUT2D eigenvalue weighted by atomic mass is 32.1. The third kappa shape index (κ3) is 4.57. The van der Waals surface area contributed by atoms with Crippen LogP contribution in [-0.4, -0.2) is 29.4 Å². The van der Waals surface area contributed by atoms with Crippen LogP contribution in [0.2, 0.25) is 0 Å². The van der Waals surface area contributed by atoms with E-state index in [0.717, 1.165) is 17.7 Å². The van der Waals surface area contributed by atoms with E-state index in [1.165, 1.54) is 16.9 Å². The zero-order valence-electron chi connectivity index (χ0n) is 14.5. The molecule has 1 aromatic heterocycles. The largest absolute Gasteiger partial charge is 0.487 e. The Labute approximate surface area is 150 Å². The first-order valence-corrected chi connectivity index (χ1v) is 9.04. The maximum atomic E-state index is 11.4. The van der Waals surface area contributed by atoms with Gasteiger partial charge in [0, 0.05) is 11.8 Å². The van der Waals surface area contributed by atoms with Crippen LogP contribution in [0.5, 0.6) is 5.75 Å². The van der Waals surface area contributed by atoms with Gasteiger partial charge in [0.05, 0.1) is 24.9 Å². The highest BCUT2D eigenvalue weighted by molar-refractivity contribution is 7.13. The number of nitrogens with zero attached hydrogens (tertiary/aromatic N) is 2. The number of hydrogen-bond donors (Lipinski definition) is 1. The highest BCUT2D eigenvalue weighted by Gasteiger charge is 2.29. The van der Waals surface area contributed by atoms with E-state index in [1.807, 2.05) is 17.5 Å². The average Bonchev–Trinajstić information content (AvgIpc) is 3.09. The third-order valence-corrected chi connectivity index (χ3v) is 4.44. The molecule has 0 saturated heterocycles. The summed E-state index contributed by atoms with van der Waals surface area (Å²) < 4.78 is 10.8. The minimum absolute atomic E-state index is 0.146. The maximum Gasteiger partial charge on any atom is 0.311 e. The molecular weight excluding hydrogens is 338 g/mol. The van der Waals surface area contributed by atoms with Crippen molar-refractivity contribution in [1.29, 1.82) is 0 Å². The molecule has 7 heteroatoms. The Morgan fingerprint density at radius 3 is 3.16 bits per heavy atom. The summed E-state index contributed by atoms with van der Waals surface area (Å²) in [6, 6.07) is 6.04. The molecule has 0 saturated carbocycles. The molecule has 0 fully saturated rings. The number of aromatic nitrogens is 1. The Balaban J connectivity index is 1.57. The van der Waals surface area contributed by atoms with Crippen molar-refractivity contribution in [2.24, 2.45) is 5.10 Å². The molecule has 3 rings (SSSR count). The number of carbonyl (C=O) groups excluding carboxylic acids is 1. The number of carbonyl (C=O) groups is 1. The number of rotatable bonds is 6. The van der Waals surface area contributed by atoms with Gasteiger partial charge in [0.25, 0.3) is 0 Å². The minimum atomic E-state index is -0.272. The Bertz CT molecular complexity index is 799.